The van der Waals surface area contributed by atoms with Gasteiger partial charge in [0.15, 0.2) is 12.0 Å². The second kappa shape index (κ2) is 14.2. The van der Waals surface area contributed by atoms with E-state index < -0.39 is 63.9 Å². The van der Waals surface area contributed by atoms with Crippen LogP contribution in [0, 0.1) is 0 Å². The third-order valence-electron chi connectivity index (χ3n) is 6.62. The highest BCUT2D eigenvalue weighted by molar-refractivity contribution is 7.60. The lowest BCUT2D eigenvalue weighted by atomic mass is 10.0. The number of ketones is 1. The summed E-state index contributed by atoms with van der Waals surface area (Å²) < 4.78 is 36.7. The molecular formula is C26H29N3O14P2. The lowest BCUT2D eigenvalue weighted by Crippen LogP contribution is -2.39. The number of aliphatic hydroxyl groups is 2. The third-order valence-corrected chi connectivity index (χ3v) is 8.77. The predicted molar refractivity (Wildman–Crippen MR) is 153 cm³/mol. The maximum absolute atomic E-state index is 12.6. The van der Waals surface area contributed by atoms with Crippen LogP contribution in [0.5, 0.6) is 0 Å². The summed E-state index contributed by atoms with van der Waals surface area (Å²) in [6.07, 6.45) is -5.31. The van der Waals surface area contributed by atoms with E-state index in [1.807, 2.05) is 0 Å². The lowest BCUT2D eigenvalue weighted by molar-refractivity contribution is -0.0543. The summed E-state index contributed by atoms with van der Waals surface area (Å²) in [5, 5.41) is 23.4. The van der Waals surface area contributed by atoms with Crippen LogP contribution in [0.3, 0.4) is 0 Å². The number of hydrogen-bond acceptors (Lipinski definition) is 11. The van der Waals surface area contributed by atoms with Crippen molar-refractivity contribution >= 4 is 27.3 Å². The van der Waals surface area contributed by atoms with Crippen molar-refractivity contribution in [2.24, 2.45) is 0 Å². The highest BCUT2D eigenvalue weighted by Gasteiger charge is 2.46. The average Bonchev–Trinajstić information content (AvgIpc) is 3.26. The maximum Gasteiger partial charge on any atom is 0.481 e. The van der Waals surface area contributed by atoms with Crippen molar-refractivity contribution in [2.45, 2.75) is 37.4 Å². The number of nitrogens with zero attached hydrogens (tertiary/aromatic N) is 1. The fourth-order valence-electron chi connectivity index (χ4n) is 4.43. The quantitative estimate of drug-likeness (QED) is 0.0717. The normalized spacial score (nSPS) is 21.3. The molecule has 45 heavy (non-hydrogen) atoms. The van der Waals surface area contributed by atoms with E-state index in [2.05, 4.69) is 19.1 Å². The number of aromatic nitrogens is 2. The summed E-state index contributed by atoms with van der Waals surface area (Å²) in [6.45, 7) is -0.847. The van der Waals surface area contributed by atoms with Gasteiger partial charge in [0.1, 0.15) is 18.3 Å². The molecule has 0 bridgehead atoms. The van der Waals surface area contributed by atoms with Crippen molar-refractivity contribution < 1.29 is 57.2 Å². The zero-order chi connectivity index (χ0) is 32.9. The molecule has 1 amide bonds. The molecule has 1 fully saturated rings. The van der Waals surface area contributed by atoms with Crippen molar-refractivity contribution in [2.75, 3.05) is 13.2 Å². The van der Waals surface area contributed by atoms with Gasteiger partial charge in [-0.25, -0.2) is 13.9 Å². The Morgan fingerprint density at radius 2 is 1.56 bits per heavy atom. The highest BCUT2D eigenvalue weighted by atomic mass is 31.3. The molecule has 2 aromatic carbocycles. The van der Waals surface area contributed by atoms with Crippen LogP contribution in [0.15, 0.2) is 70.4 Å². The van der Waals surface area contributed by atoms with E-state index >= 15 is 0 Å². The number of benzene rings is 2. The van der Waals surface area contributed by atoms with Gasteiger partial charge in [-0.05, 0) is 25.0 Å². The van der Waals surface area contributed by atoms with Gasteiger partial charge in [0, 0.05) is 35.0 Å². The minimum absolute atomic E-state index is 0.0612. The number of rotatable bonds is 13. The standard InChI is InChI=1S/C26H29N3O14P2/c30-20(15-5-2-1-3-6-15)16-8-10-17(11-9-16)23(33)27-12-4-7-18-13-29(26(35)28-24(18)34)25-22(32)21(31)19(42-25)14-41-45(39,40)43-44(36,37)38/h1-3,5-6,8-11,13,19,21-22,25,31-32H,4,7,12,14H2,(H,27,33)(H,39,40)(H,28,34,35)(H2,36,37,38)/t19-,21-,22-,25-/m1/s1. The van der Waals surface area contributed by atoms with Gasteiger partial charge in [-0.1, -0.05) is 42.5 Å². The number of aryl methyl sites for hydroxylation is 1. The minimum atomic E-state index is -5.41. The number of H-pyrrole nitrogens is 1. The third kappa shape index (κ3) is 8.99. The summed E-state index contributed by atoms with van der Waals surface area (Å²) in [7, 11) is -10.7. The number of aromatic amines is 1. The van der Waals surface area contributed by atoms with Crippen molar-refractivity contribution in [3.05, 3.63) is 104 Å². The number of hydrogen-bond donors (Lipinski definition) is 7. The van der Waals surface area contributed by atoms with Gasteiger partial charge < -0.3 is 34.9 Å². The number of amides is 1. The molecule has 5 atom stereocenters. The van der Waals surface area contributed by atoms with Crippen LogP contribution >= 0.6 is 15.6 Å². The van der Waals surface area contributed by atoms with Gasteiger partial charge in [0.05, 0.1) is 6.61 Å². The molecule has 17 nitrogen and oxygen atoms in total. The molecule has 1 aromatic heterocycles. The Hall–Kier alpha value is -3.60. The largest absolute Gasteiger partial charge is 0.481 e. The number of ether oxygens (including phenoxy) is 1. The molecule has 0 radical (unpaired) electrons. The van der Waals surface area contributed by atoms with E-state index in [4.69, 9.17) is 14.5 Å². The Kier molecular flexibility index (Phi) is 10.8. The van der Waals surface area contributed by atoms with E-state index in [0.29, 0.717) is 16.7 Å². The molecule has 0 saturated carbocycles. The summed E-state index contributed by atoms with van der Waals surface area (Å²) in [5.41, 5.74) is -0.461. The van der Waals surface area contributed by atoms with Crippen LogP contribution in [-0.4, -0.2) is 77.6 Å². The molecule has 0 aliphatic carbocycles. The SMILES string of the molecule is O=C(NCCCc1cn([C@@H]2O[C@H](COP(=O)(O)OP(=O)(O)O)[C@@H](O)[C@H]2O)c(=O)[nH]c1=O)c1ccc(C(=O)c2ccccc2)cc1. The summed E-state index contributed by atoms with van der Waals surface area (Å²) in [4.78, 5) is 78.8. The number of carbonyl (C=O) groups is 2. The zero-order valence-corrected chi connectivity index (χ0v) is 25.0. The van der Waals surface area contributed by atoms with Crippen molar-refractivity contribution in [3.63, 3.8) is 0 Å². The minimum Gasteiger partial charge on any atom is -0.387 e. The molecular weight excluding hydrogens is 640 g/mol. The van der Waals surface area contributed by atoms with Gasteiger partial charge in [0.2, 0.25) is 0 Å². The molecule has 1 aliphatic rings. The van der Waals surface area contributed by atoms with E-state index in [0.717, 1.165) is 10.8 Å². The predicted octanol–water partition coefficient (Wildman–Crippen LogP) is -0.0243. The molecule has 19 heteroatoms. The Bertz CT molecular complexity index is 1740. The number of phosphoric ester groups is 1. The highest BCUT2D eigenvalue weighted by Crippen LogP contribution is 2.57. The van der Waals surface area contributed by atoms with Crippen molar-refractivity contribution in [3.8, 4) is 0 Å². The van der Waals surface area contributed by atoms with Crippen molar-refractivity contribution in [1.29, 1.82) is 0 Å². The first-order valence-electron chi connectivity index (χ1n) is 13.2. The molecule has 242 valence electrons. The molecule has 4 rings (SSSR count). The Morgan fingerprint density at radius 3 is 2.20 bits per heavy atom. The van der Waals surface area contributed by atoms with Gasteiger partial charge >= 0.3 is 21.3 Å². The first-order chi connectivity index (χ1) is 21.1. The molecule has 1 aliphatic heterocycles. The summed E-state index contributed by atoms with van der Waals surface area (Å²) in [5.74, 6) is -0.609. The number of carbonyl (C=O) groups excluding carboxylic acids is 2. The maximum atomic E-state index is 12.6. The molecule has 0 spiro atoms. The van der Waals surface area contributed by atoms with Crippen LogP contribution in [0.2, 0.25) is 0 Å². The second-order valence-electron chi connectivity index (χ2n) is 9.84. The fourth-order valence-corrected chi connectivity index (χ4v) is 6.03. The van der Waals surface area contributed by atoms with E-state index in [1.54, 1.807) is 42.5 Å². The summed E-state index contributed by atoms with van der Waals surface area (Å²) in [6, 6.07) is 14.8. The van der Waals surface area contributed by atoms with Crippen LogP contribution in [0.1, 0.15) is 44.5 Å². The molecule has 7 N–H and O–H groups in total. The lowest BCUT2D eigenvalue weighted by Gasteiger charge is -2.18. The molecule has 1 unspecified atom stereocenters. The van der Waals surface area contributed by atoms with Crippen LogP contribution in [0.25, 0.3) is 0 Å². The van der Waals surface area contributed by atoms with Crippen LogP contribution in [0.4, 0.5) is 0 Å². The zero-order valence-electron chi connectivity index (χ0n) is 23.2. The monoisotopic (exact) mass is 669 g/mol. The number of nitrogens with one attached hydrogen (secondary N) is 2. The van der Waals surface area contributed by atoms with Crippen LogP contribution in [-0.2, 0) is 29.1 Å². The molecule has 3 aromatic rings. The molecule has 2 heterocycles. The number of phosphoric acid groups is 2. The Labute approximate surface area is 253 Å². The van der Waals surface area contributed by atoms with E-state index in [1.165, 1.54) is 12.1 Å². The van der Waals surface area contributed by atoms with Crippen molar-refractivity contribution in [1.82, 2.24) is 14.9 Å². The van der Waals surface area contributed by atoms with Crippen LogP contribution < -0.4 is 16.6 Å². The van der Waals surface area contributed by atoms with Gasteiger partial charge in [-0.2, -0.15) is 4.31 Å². The van der Waals surface area contributed by atoms with E-state index in [-0.39, 0.29) is 30.7 Å². The molecule has 1 saturated heterocycles. The smallest absolute Gasteiger partial charge is 0.387 e. The van der Waals surface area contributed by atoms with Gasteiger partial charge in [-0.3, -0.25) is 28.5 Å². The fraction of sp³-hybridized carbons (Fsp3) is 0.308. The van der Waals surface area contributed by atoms with Gasteiger partial charge in [0.25, 0.3) is 11.5 Å². The van der Waals surface area contributed by atoms with Gasteiger partial charge in [-0.15, -0.1) is 0 Å². The number of aliphatic hydroxyl groups excluding tert-OH is 2. The first kappa shape index (κ1) is 34.3. The first-order valence-corrected chi connectivity index (χ1v) is 16.3. The van der Waals surface area contributed by atoms with E-state index in [9.17, 15) is 43.4 Å². The topological polar surface area (TPSA) is 264 Å². The second-order valence-corrected chi connectivity index (χ2v) is 12.7. The average molecular weight is 669 g/mol. The Morgan fingerprint density at radius 1 is 0.933 bits per heavy atom. The summed E-state index contributed by atoms with van der Waals surface area (Å²) >= 11 is 0. The Balaban J connectivity index is 1.33.